The van der Waals surface area contributed by atoms with Gasteiger partial charge in [-0.15, -0.1) is 0 Å². The molecule has 3 fully saturated rings. The number of hydrogen-bond donors (Lipinski definition) is 12. The Labute approximate surface area is 689 Å². The maximum absolute atomic E-state index is 12.5. The van der Waals surface area contributed by atoms with Crippen LogP contribution >= 0.6 is 0 Å². The largest absolute Gasteiger partial charge is 0.481 e. The number of aliphatic hydroxyl groups excluding tert-OH is 4. The predicted octanol–water partition coefficient (Wildman–Crippen LogP) is 10.9. The third-order valence-corrected chi connectivity index (χ3v) is 16.9. The molecule has 3 saturated heterocycles. The van der Waals surface area contributed by atoms with E-state index in [1.54, 1.807) is 72.1 Å². The van der Waals surface area contributed by atoms with Gasteiger partial charge >= 0.3 is 48.3 Å². The van der Waals surface area contributed by atoms with E-state index < -0.39 is 82.2 Å². The number of carboxylic acids is 1. The van der Waals surface area contributed by atoms with E-state index in [0.717, 1.165) is 32.2 Å². The predicted molar refractivity (Wildman–Crippen MR) is 445 cm³/mol. The Kier molecular flexibility index (Phi) is 49.6. The van der Waals surface area contributed by atoms with Crippen LogP contribution in [0.5, 0.6) is 0 Å². The molecule has 0 radical (unpaired) electrons. The Morgan fingerprint density at radius 3 is 1.31 bits per heavy atom. The lowest BCUT2D eigenvalue weighted by molar-refractivity contribution is -0.156. The molecular formula is C83H146N12O21. The van der Waals surface area contributed by atoms with E-state index in [4.69, 9.17) is 71.2 Å². The van der Waals surface area contributed by atoms with Gasteiger partial charge in [-0.3, -0.25) is 24.0 Å². The highest BCUT2D eigenvalue weighted by molar-refractivity contribution is 5.81. The van der Waals surface area contributed by atoms with Crippen molar-refractivity contribution < 1.29 is 102 Å². The second kappa shape index (κ2) is 53.3. The van der Waals surface area contributed by atoms with E-state index in [-0.39, 0.29) is 124 Å². The molecule has 15 N–H and O–H groups in total. The quantitative estimate of drug-likeness (QED) is 0.0137. The number of likely N-dealkylation sites (tertiary alicyclic amines) is 2. The number of carbonyl (C=O) groups is 9. The van der Waals surface area contributed by atoms with Crippen molar-refractivity contribution in [2.24, 2.45) is 28.2 Å². The van der Waals surface area contributed by atoms with Gasteiger partial charge in [0.05, 0.1) is 43.4 Å². The van der Waals surface area contributed by atoms with Gasteiger partial charge in [-0.05, 0) is 216 Å². The Hall–Kier alpha value is -8.14. The fourth-order valence-corrected chi connectivity index (χ4v) is 11.5. The number of ether oxygens (including phenoxy) is 7. The summed E-state index contributed by atoms with van der Waals surface area (Å²) in [7, 11) is 0. The second-order valence-corrected chi connectivity index (χ2v) is 35.1. The van der Waals surface area contributed by atoms with E-state index in [2.05, 4.69) is 62.5 Å². The van der Waals surface area contributed by atoms with Crippen LogP contribution < -0.4 is 38.5 Å². The zero-order valence-corrected chi connectivity index (χ0v) is 73.5. The fourth-order valence-electron chi connectivity index (χ4n) is 11.5. The van der Waals surface area contributed by atoms with Gasteiger partial charge < -0.3 is 107 Å². The number of nitrogens with two attached hydrogens (primary N) is 3. The van der Waals surface area contributed by atoms with E-state index in [9.17, 15) is 53.4 Å². The van der Waals surface area contributed by atoms with Gasteiger partial charge in [-0.2, -0.15) is 0 Å². The van der Waals surface area contributed by atoms with Crippen LogP contribution in [0.2, 0.25) is 0 Å². The van der Waals surface area contributed by atoms with Gasteiger partial charge in [-0.1, -0.05) is 81.3 Å². The molecule has 5 amide bonds. The van der Waals surface area contributed by atoms with Crippen molar-refractivity contribution in [3.05, 3.63) is 70.1 Å². The Morgan fingerprint density at radius 2 is 0.940 bits per heavy atom. The Morgan fingerprint density at radius 1 is 0.543 bits per heavy atom. The number of azide groups is 1. The topological polar surface area (TPSA) is 501 Å². The van der Waals surface area contributed by atoms with E-state index in [1.165, 1.54) is 22.3 Å². The summed E-state index contributed by atoms with van der Waals surface area (Å²) in [5.74, 6) is -1.73. The summed E-state index contributed by atoms with van der Waals surface area (Å²) in [6, 6.07) is 16.5. The van der Waals surface area contributed by atoms with Crippen LogP contribution in [0.15, 0.2) is 53.6 Å². The van der Waals surface area contributed by atoms with Crippen LogP contribution in [0.4, 0.5) is 19.2 Å². The number of carbonyl (C=O) groups excluding carboxylic acids is 8. The maximum Gasteiger partial charge on any atom is 0.410 e. The van der Waals surface area contributed by atoms with Crippen molar-refractivity contribution in [3.8, 4) is 11.1 Å². The molecule has 664 valence electrons. The smallest absolute Gasteiger partial charge is 0.410 e. The van der Waals surface area contributed by atoms with Gasteiger partial charge in [-0.25, -0.2) is 19.2 Å². The number of hydrogen-bond acceptors (Lipinski definition) is 25. The molecule has 3 aliphatic heterocycles. The number of aliphatic carboxylic acids is 1. The third kappa shape index (κ3) is 51.8. The van der Waals surface area contributed by atoms with Crippen molar-refractivity contribution in [1.29, 1.82) is 0 Å². The lowest BCUT2D eigenvalue weighted by Gasteiger charge is -2.24. The van der Waals surface area contributed by atoms with E-state index in [1.807, 2.05) is 107 Å². The summed E-state index contributed by atoms with van der Waals surface area (Å²) in [6.45, 7) is 43.7. The molecule has 0 spiro atoms. The Bertz CT molecular complexity index is 3110. The summed E-state index contributed by atoms with van der Waals surface area (Å²) < 4.78 is 36.6. The number of aliphatic hydroxyl groups is 4. The first-order valence-electron chi connectivity index (χ1n) is 40.4. The van der Waals surface area contributed by atoms with Crippen LogP contribution in [0.1, 0.15) is 259 Å². The molecule has 0 aromatic heterocycles. The van der Waals surface area contributed by atoms with Crippen LogP contribution in [-0.4, -0.2) is 237 Å². The molecule has 33 nitrogen and oxygen atoms in total. The molecule has 116 heavy (non-hydrogen) atoms. The molecule has 3 unspecified atom stereocenters. The van der Waals surface area contributed by atoms with Crippen LogP contribution in [-0.2, 0) is 57.1 Å². The first-order chi connectivity index (χ1) is 53.6. The van der Waals surface area contributed by atoms with Gasteiger partial charge in [0.2, 0.25) is 5.91 Å². The molecule has 4 aliphatic rings. The van der Waals surface area contributed by atoms with E-state index in [0.29, 0.717) is 64.4 Å². The molecule has 2 aromatic carbocycles. The number of nitrogens with zero attached hydrogens (tertiary/aromatic N) is 5. The van der Waals surface area contributed by atoms with Crippen molar-refractivity contribution in [3.63, 3.8) is 0 Å². The molecule has 2 aromatic rings. The second-order valence-electron chi connectivity index (χ2n) is 35.1. The number of fused-ring (bicyclic) bond motifs is 3. The molecule has 3 heterocycles. The van der Waals surface area contributed by atoms with Crippen LogP contribution in [0, 0.1) is 5.92 Å². The molecule has 6 rings (SSSR count). The molecule has 0 saturated carbocycles. The summed E-state index contributed by atoms with van der Waals surface area (Å²) in [5, 5.41) is 59.7. The molecule has 33 heteroatoms. The average molecular weight is 1650 g/mol. The van der Waals surface area contributed by atoms with E-state index >= 15 is 0 Å². The number of nitrogens with one attached hydrogen (secondary N) is 4. The maximum atomic E-state index is 12.5. The highest BCUT2D eigenvalue weighted by Gasteiger charge is 2.37. The minimum Gasteiger partial charge on any atom is -0.481 e. The zero-order valence-electron chi connectivity index (χ0n) is 73.5. The molecule has 1 aliphatic carbocycles. The fraction of sp³-hybridized carbons (Fsp3) is 0.747. The van der Waals surface area contributed by atoms with Crippen molar-refractivity contribution >= 4 is 54.2 Å². The van der Waals surface area contributed by atoms with Crippen molar-refractivity contribution in [2.75, 3.05) is 59.0 Å². The number of amides is 5. The van der Waals surface area contributed by atoms with Crippen molar-refractivity contribution in [2.45, 2.75) is 336 Å². The summed E-state index contributed by atoms with van der Waals surface area (Å²) >= 11 is 0. The minimum atomic E-state index is -0.962. The average Bonchev–Trinajstić information content (AvgIpc) is 1.61. The molecular weight excluding hydrogens is 1500 g/mol. The lowest BCUT2D eigenvalue weighted by atomic mass is 9.98. The Balaban J connectivity index is 0.00000137. The summed E-state index contributed by atoms with van der Waals surface area (Å²) in [5.41, 5.74) is 26.0. The zero-order chi connectivity index (χ0) is 89.1. The first-order valence-corrected chi connectivity index (χ1v) is 40.4. The first kappa shape index (κ1) is 108. The summed E-state index contributed by atoms with van der Waals surface area (Å²) in [6.07, 6.45) is 3.62. The van der Waals surface area contributed by atoms with Gasteiger partial charge in [0.25, 0.3) is 0 Å². The highest BCUT2D eigenvalue weighted by atomic mass is 16.6. The number of rotatable bonds is 26. The van der Waals surface area contributed by atoms with Gasteiger partial charge in [0.15, 0.2) is 0 Å². The monoisotopic (exact) mass is 1650 g/mol. The number of benzene rings is 2. The summed E-state index contributed by atoms with van der Waals surface area (Å²) in [4.78, 5) is 110. The highest BCUT2D eigenvalue weighted by Crippen LogP contribution is 2.45. The SMILES string of the molecule is CC(C)(C)OC(=O)CCC(CNC(=O)OC(C)(C)C)N=[N+]=[N-].CC(C)(C)OC(=O)CCC(N)CNC(=O)OC(C)(C)C.CC(CCC(=O)OC(C)(C)C)CNC(=O)OC(C)(C)C.CC[C@@H]1C[C@@H](O)CN1.CC[C@@H]1C[C@@H](O)CN1C(=O)CCC(=O)O.CC[C@@H]1C[C@@H](O)CN1C(=O)OCC1c2ccccc2-c2ccccc21.NCC(O)CN. The van der Waals surface area contributed by atoms with Gasteiger partial charge in [0, 0.05) is 106 Å². The van der Waals surface area contributed by atoms with Crippen LogP contribution in [0.3, 0.4) is 0 Å². The number of carboxylic acid groups (broad SMARTS) is 1. The number of β-amino-alcohol motifs (C(OH)–C–C–N with tert-alkyl or cyclic N) is 3. The minimum absolute atomic E-state index is 0.0263. The van der Waals surface area contributed by atoms with Crippen molar-refractivity contribution in [1.82, 2.24) is 31.1 Å². The third-order valence-electron chi connectivity index (χ3n) is 16.9. The number of alkyl carbamates (subject to hydrolysis) is 3. The van der Waals surface area contributed by atoms with Gasteiger partial charge in [0.1, 0.15) is 40.2 Å². The van der Waals surface area contributed by atoms with Crippen LogP contribution in [0.25, 0.3) is 21.6 Å². The number of esters is 3. The lowest BCUT2D eigenvalue weighted by Crippen LogP contribution is -2.40. The molecule has 9 atom stereocenters. The normalized spacial score (nSPS) is 18.3. The standard InChI is InChI=1S/C21H23NO3.C15H29NO4.C14H26N4O4.C14H28N2O4.C10H17NO4.C6H13NO.C3H10N2O/c1-2-14-11-15(23)12-22(14)21(24)25-13-20-18-9-5-3-7-16(18)17-8-4-6-10-19(17)20;1-11(8-9-12(17)19-14(2,3)4)10-16-13(18)20-15(5,6)7;1-13(2,3)21-11(19)8-7-10(17-18-15)9-16-12(20)22-14(4,5)6;1-13(2,3)19-11(17)8-7-10(15)9-16-12(18)20-14(4,5)6;1-2-7-5-8(12)6-11(7)9(13)3-4-10(14)15;1-2-5-3-6(8)4-7-5;4-1-3(6)2-5/h3-10,14-15,20,23H,2,11-13H2,1H3;11H,8-10H2,1-7H3,(H,16,18);10H,7-9H2,1-6H3,(H,16,20);10H,7-9,15H2,1-6H3,(H,16,18);7-8,12H,2-6H2,1H3,(H,14,15);5-8H,2-4H2,1H3;3,6H,1-2,4-5H2/t14-,15-;;;;7-,8-;5-,6-;/m1...11./s1. The molecule has 0 bridgehead atoms.